The number of aromatic nitrogens is 4. The van der Waals surface area contributed by atoms with E-state index in [1.165, 1.54) is 5.56 Å². The largest absolute Gasteiger partial charge is 0.497 e. The number of hydrogen-bond donors (Lipinski definition) is 0. The fraction of sp³-hybridized carbons (Fsp3) is 0.312. The van der Waals surface area contributed by atoms with Gasteiger partial charge in [-0.1, -0.05) is 12.1 Å². The Morgan fingerprint density at radius 1 is 1.30 bits per heavy atom. The summed E-state index contributed by atoms with van der Waals surface area (Å²) in [6, 6.07) is 8.56. The van der Waals surface area contributed by atoms with Crippen LogP contribution in [0.3, 0.4) is 0 Å². The van der Waals surface area contributed by atoms with Crippen molar-refractivity contribution in [2.75, 3.05) is 12.0 Å². The van der Waals surface area contributed by atoms with E-state index in [2.05, 4.69) is 32.1 Å². The van der Waals surface area contributed by atoms with Gasteiger partial charge in [-0.15, -0.1) is 5.10 Å². The van der Waals surface area contributed by atoms with Gasteiger partial charge in [0.15, 0.2) is 11.5 Å². The Balaban J connectivity index is 1.70. The number of nitrogens with zero attached hydrogens (tertiary/aromatic N) is 5. The van der Waals surface area contributed by atoms with Gasteiger partial charge in [-0.2, -0.15) is 4.98 Å². The number of benzene rings is 1. The lowest BCUT2D eigenvalue weighted by molar-refractivity contribution is 0.414. The van der Waals surface area contributed by atoms with Gasteiger partial charge in [-0.05, 0) is 42.1 Å². The van der Waals surface area contributed by atoms with Crippen LogP contribution in [0.2, 0.25) is 5.28 Å². The van der Waals surface area contributed by atoms with Crippen LogP contribution in [0.1, 0.15) is 18.4 Å². The van der Waals surface area contributed by atoms with Gasteiger partial charge in [0, 0.05) is 25.0 Å². The van der Waals surface area contributed by atoms with Crippen LogP contribution in [0, 0.1) is 0 Å². The molecule has 0 N–H and O–H groups in total. The second-order valence-corrected chi connectivity index (χ2v) is 5.95. The van der Waals surface area contributed by atoms with Crippen molar-refractivity contribution in [2.45, 2.75) is 25.4 Å². The Kier molecular flexibility index (Phi) is 3.53. The molecule has 4 rings (SSSR count). The van der Waals surface area contributed by atoms with Crippen LogP contribution in [0.5, 0.6) is 5.75 Å². The molecule has 1 aromatic carbocycles. The molecule has 2 aromatic heterocycles. The molecule has 0 bridgehead atoms. The lowest BCUT2D eigenvalue weighted by Crippen LogP contribution is -2.27. The molecule has 0 aliphatic heterocycles. The third kappa shape index (κ3) is 2.82. The zero-order valence-electron chi connectivity index (χ0n) is 12.7. The van der Waals surface area contributed by atoms with E-state index >= 15 is 0 Å². The molecule has 1 aliphatic carbocycles. The van der Waals surface area contributed by atoms with Crippen molar-refractivity contribution in [2.24, 2.45) is 0 Å². The van der Waals surface area contributed by atoms with Gasteiger partial charge in [-0.25, -0.2) is 9.50 Å². The van der Waals surface area contributed by atoms with Crippen molar-refractivity contribution >= 4 is 23.1 Å². The van der Waals surface area contributed by atoms with Crippen LogP contribution < -0.4 is 9.64 Å². The normalized spacial score (nSPS) is 14.2. The minimum Gasteiger partial charge on any atom is -0.497 e. The molecule has 0 unspecified atom stereocenters. The first-order valence-electron chi connectivity index (χ1n) is 7.51. The molecular weight excluding hydrogens is 314 g/mol. The molecule has 1 fully saturated rings. The maximum Gasteiger partial charge on any atom is 0.243 e. The molecule has 0 spiro atoms. The first kappa shape index (κ1) is 14.3. The summed E-state index contributed by atoms with van der Waals surface area (Å²) in [7, 11) is 1.67. The molecule has 0 atom stereocenters. The molecule has 23 heavy (non-hydrogen) atoms. The number of methoxy groups -OCH3 is 1. The maximum atomic E-state index is 6.08. The number of fused-ring (bicyclic) bond motifs is 1. The highest BCUT2D eigenvalue weighted by Gasteiger charge is 2.32. The lowest BCUT2D eigenvalue weighted by atomic mass is 10.2. The average molecular weight is 330 g/mol. The van der Waals surface area contributed by atoms with Crippen LogP contribution in [-0.4, -0.2) is 32.7 Å². The van der Waals surface area contributed by atoms with Gasteiger partial charge >= 0.3 is 0 Å². The summed E-state index contributed by atoms with van der Waals surface area (Å²) >= 11 is 6.08. The average Bonchev–Trinajstić information content (AvgIpc) is 3.30. The van der Waals surface area contributed by atoms with Gasteiger partial charge in [0.1, 0.15) is 5.75 Å². The number of rotatable bonds is 5. The molecule has 0 amide bonds. The molecular formula is C16H16ClN5O. The van der Waals surface area contributed by atoms with Crippen LogP contribution in [-0.2, 0) is 6.54 Å². The fourth-order valence-corrected chi connectivity index (χ4v) is 2.83. The third-order valence-electron chi connectivity index (χ3n) is 3.98. The maximum absolute atomic E-state index is 6.08. The number of anilines is 1. The molecule has 2 heterocycles. The second kappa shape index (κ2) is 5.70. The Hall–Kier alpha value is -2.34. The van der Waals surface area contributed by atoms with Gasteiger partial charge in [0.2, 0.25) is 5.28 Å². The monoisotopic (exact) mass is 329 g/mol. The van der Waals surface area contributed by atoms with Gasteiger partial charge in [-0.3, -0.25) is 0 Å². The van der Waals surface area contributed by atoms with E-state index in [4.69, 9.17) is 16.3 Å². The highest BCUT2D eigenvalue weighted by atomic mass is 35.5. The van der Waals surface area contributed by atoms with Crippen LogP contribution >= 0.6 is 11.6 Å². The number of hydrogen-bond acceptors (Lipinski definition) is 5. The van der Waals surface area contributed by atoms with E-state index < -0.39 is 0 Å². The van der Waals surface area contributed by atoms with E-state index in [0.717, 1.165) is 36.6 Å². The predicted octanol–water partition coefficient (Wildman–Crippen LogP) is 2.96. The van der Waals surface area contributed by atoms with Crippen LogP contribution in [0.4, 0.5) is 5.82 Å². The van der Waals surface area contributed by atoms with Gasteiger partial charge in [0.25, 0.3) is 0 Å². The van der Waals surface area contributed by atoms with Gasteiger partial charge in [0.05, 0.1) is 7.11 Å². The molecule has 3 aromatic rings. The van der Waals surface area contributed by atoms with Crippen LogP contribution in [0.15, 0.2) is 36.7 Å². The van der Waals surface area contributed by atoms with Gasteiger partial charge < -0.3 is 9.64 Å². The third-order valence-corrected chi connectivity index (χ3v) is 4.14. The summed E-state index contributed by atoms with van der Waals surface area (Å²) in [6.45, 7) is 0.754. The minimum atomic E-state index is 0.228. The van der Waals surface area contributed by atoms with E-state index in [1.54, 1.807) is 24.0 Å². The topological polar surface area (TPSA) is 55.5 Å². The Bertz CT molecular complexity index is 828. The zero-order valence-corrected chi connectivity index (χ0v) is 13.4. The van der Waals surface area contributed by atoms with E-state index in [0.29, 0.717) is 6.04 Å². The van der Waals surface area contributed by atoms with E-state index in [1.807, 2.05) is 12.1 Å². The molecule has 0 radical (unpaired) electrons. The fourth-order valence-electron chi connectivity index (χ4n) is 2.67. The summed E-state index contributed by atoms with van der Waals surface area (Å²) < 4.78 is 6.89. The minimum absolute atomic E-state index is 0.228. The number of imidazole rings is 1. The van der Waals surface area contributed by atoms with Crippen molar-refractivity contribution in [1.82, 2.24) is 19.6 Å². The summed E-state index contributed by atoms with van der Waals surface area (Å²) in [6.07, 6.45) is 5.81. The predicted molar refractivity (Wildman–Crippen MR) is 88.0 cm³/mol. The summed E-state index contributed by atoms with van der Waals surface area (Å²) in [5, 5.41) is 4.38. The first-order chi connectivity index (χ1) is 11.2. The molecule has 1 saturated carbocycles. The smallest absolute Gasteiger partial charge is 0.243 e. The highest BCUT2D eigenvalue weighted by molar-refractivity contribution is 6.28. The quantitative estimate of drug-likeness (QED) is 0.720. The highest BCUT2D eigenvalue weighted by Crippen LogP contribution is 2.34. The number of halogens is 1. The molecule has 118 valence electrons. The van der Waals surface area contributed by atoms with E-state index in [9.17, 15) is 0 Å². The first-order valence-corrected chi connectivity index (χ1v) is 7.89. The Morgan fingerprint density at radius 3 is 2.78 bits per heavy atom. The molecule has 0 saturated heterocycles. The standard InChI is InChI=1S/C16H16ClN5O/c1-23-13-6-2-11(3-7-13)10-21(12-4-5-12)15-14-18-8-9-22(14)20-16(17)19-15/h2-3,6-9,12H,4-5,10H2,1H3. The number of ether oxygens (including phenoxy) is 1. The van der Waals surface area contributed by atoms with Crippen molar-refractivity contribution in [3.63, 3.8) is 0 Å². The van der Waals surface area contributed by atoms with Crippen LogP contribution in [0.25, 0.3) is 5.65 Å². The van der Waals surface area contributed by atoms with Crippen molar-refractivity contribution in [3.05, 3.63) is 47.5 Å². The molecule has 1 aliphatic rings. The van der Waals surface area contributed by atoms with Crippen molar-refractivity contribution in [1.29, 1.82) is 0 Å². The summed E-state index contributed by atoms with van der Waals surface area (Å²) in [5.74, 6) is 1.64. The van der Waals surface area contributed by atoms with Crippen molar-refractivity contribution < 1.29 is 4.74 Å². The van der Waals surface area contributed by atoms with E-state index in [-0.39, 0.29) is 5.28 Å². The molecule has 7 heteroatoms. The Morgan fingerprint density at radius 2 is 2.09 bits per heavy atom. The zero-order chi connectivity index (χ0) is 15.8. The molecule has 6 nitrogen and oxygen atoms in total. The SMILES string of the molecule is COc1ccc(CN(c2nc(Cl)nn3ccnc23)C2CC2)cc1. The second-order valence-electron chi connectivity index (χ2n) is 5.61. The summed E-state index contributed by atoms with van der Waals surface area (Å²) in [5.41, 5.74) is 1.92. The summed E-state index contributed by atoms with van der Waals surface area (Å²) in [4.78, 5) is 11.1. The van der Waals surface area contributed by atoms with Crippen molar-refractivity contribution in [3.8, 4) is 5.75 Å². The Labute approximate surface area is 138 Å². The lowest BCUT2D eigenvalue weighted by Gasteiger charge is -2.24.